The summed E-state index contributed by atoms with van der Waals surface area (Å²) < 4.78 is 9.38. The summed E-state index contributed by atoms with van der Waals surface area (Å²) in [5.41, 5.74) is -0.974. The van der Waals surface area contributed by atoms with Crippen molar-refractivity contribution in [3.8, 4) is 12.0 Å². The zero-order valence-electron chi connectivity index (χ0n) is 7.22. The Morgan fingerprint density at radius 3 is 2.36 bits per heavy atom. The van der Waals surface area contributed by atoms with Crippen LogP contribution in [-0.2, 0) is 14.3 Å². The highest BCUT2D eigenvalue weighted by molar-refractivity contribution is 5.78. The van der Waals surface area contributed by atoms with Gasteiger partial charge in [0.25, 0.3) is 0 Å². The molecule has 3 nitrogen and oxygen atoms in total. The summed E-state index contributed by atoms with van der Waals surface area (Å²) in [6.07, 6.45) is 2.35. The smallest absolute Gasteiger partial charge is 0.350 e. The maximum Gasteiger partial charge on any atom is 0.350 e. The third-order valence-corrected chi connectivity index (χ3v) is 1.09. The number of hydrogen-bond acceptors (Lipinski definition) is 3. The maximum atomic E-state index is 10.9. The van der Waals surface area contributed by atoms with E-state index >= 15 is 0 Å². The van der Waals surface area contributed by atoms with Crippen molar-refractivity contribution in [3.63, 3.8) is 0 Å². The van der Waals surface area contributed by atoms with Gasteiger partial charge in [-0.15, -0.1) is 0 Å². The van der Waals surface area contributed by atoms with Gasteiger partial charge in [-0.3, -0.25) is 0 Å². The van der Waals surface area contributed by atoms with Crippen LogP contribution in [-0.4, -0.2) is 18.7 Å². The highest BCUT2D eigenvalue weighted by Crippen LogP contribution is 2.09. The molecule has 0 bridgehead atoms. The Labute approximate surface area is 66.7 Å². The molecule has 0 atom stereocenters. The van der Waals surface area contributed by atoms with Gasteiger partial charge in [-0.25, -0.2) is 4.79 Å². The fourth-order valence-electron chi connectivity index (χ4n) is 0.466. The molecule has 11 heavy (non-hydrogen) atoms. The van der Waals surface area contributed by atoms with Crippen molar-refractivity contribution in [1.82, 2.24) is 0 Å². The lowest BCUT2D eigenvalue weighted by molar-refractivity contribution is -0.158. The molecule has 0 saturated heterocycles. The standard InChI is InChI=1S/C8H12O3/c1-5-6-11-8(2,3)7(9)10-4/h1-4H3. The van der Waals surface area contributed by atoms with Crippen LogP contribution in [0.25, 0.3) is 0 Å². The van der Waals surface area contributed by atoms with Crippen LogP contribution in [0.5, 0.6) is 0 Å². The molecule has 0 N–H and O–H groups in total. The first-order chi connectivity index (χ1) is 5.04. The lowest BCUT2D eigenvalue weighted by Gasteiger charge is -2.18. The van der Waals surface area contributed by atoms with E-state index < -0.39 is 11.6 Å². The number of rotatable bonds is 2. The van der Waals surface area contributed by atoms with Gasteiger partial charge in [0.1, 0.15) is 6.11 Å². The highest BCUT2D eigenvalue weighted by Gasteiger charge is 2.30. The predicted octanol–water partition coefficient (Wildman–Crippen LogP) is 0.935. The minimum absolute atomic E-state index is 0.430. The van der Waals surface area contributed by atoms with Crippen molar-refractivity contribution in [2.45, 2.75) is 26.4 Å². The second kappa shape index (κ2) is 3.87. The molecule has 0 aliphatic carbocycles. The van der Waals surface area contributed by atoms with E-state index in [1.54, 1.807) is 20.8 Å². The van der Waals surface area contributed by atoms with Crippen LogP contribution in [0.2, 0.25) is 0 Å². The van der Waals surface area contributed by atoms with Gasteiger partial charge in [0.15, 0.2) is 0 Å². The van der Waals surface area contributed by atoms with Crippen LogP contribution in [0.1, 0.15) is 20.8 Å². The second-order valence-electron chi connectivity index (χ2n) is 2.46. The number of carbonyl (C=O) groups is 1. The minimum atomic E-state index is -0.974. The molecule has 0 unspecified atom stereocenters. The molecule has 0 amide bonds. The SMILES string of the molecule is CC#COC(C)(C)C(=O)OC. The van der Waals surface area contributed by atoms with Gasteiger partial charge in [-0.05, 0) is 13.8 Å². The summed E-state index contributed by atoms with van der Waals surface area (Å²) >= 11 is 0. The van der Waals surface area contributed by atoms with Crippen molar-refractivity contribution in [2.75, 3.05) is 7.11 Å². The average molecular weight is 156 g/mol. The summed E-state index contributed by atoms with van der Waals surface area (Å²) in [6, 6.07) is 0. The van der Waals surface area contributed by atoms with Gasteiger partial charge in [-0.2, -0.15) is 0 Å². The van der Waals surface area contributed by atoms with E-state index in [1.165, 1.54) is 7.11 Å². The Morgan fingerprint density at radius 1 is 1.45 bits per heavy atom. The molecular formula is C8H12O3. The first-order valence-electron chi connectivity index (χ1n) is 3.22. The Morgan fingerprint density at radius 2 is 2.00 bits per heavy atom. The van der Waals surface area contributed by atoms with Gasteiger partial charge in [-0.1, -0.05) is 5.92 Å². The summed E-state index contributed by atoms with van der Waals surface area (Å²) in [7, 11) is 1.31. The van der Waals surface area contributed by atoms with Gasteiger partial charge in [0.05, 0.1) is 7.11 Å². The van der Waals surface area contributed by atoms with Gasteiger partial charge in [0.2, 0.25) is 5.60 Å². The summed E-state index contributed by atoms with van der Waals surface area (Å²) in [5, 5.41) is 0. The largest absolute Gasteiger partial charge is 0.466 e. The van der Waals surface area contributed by atoms with Crippen LogP contribution in [0.4, 0.5) is 0 Å². The molecular weight excluding hydrogens is 144 g/mol. The molecule has 0 fully saturated rings. The van der Waals surface area contributed by atoms with Crippen LogP contribution in [0.15, 0.2) is 0 Å². The average Bonchev–Trinajstić information content (AvgIpc) is 1.99. The van der Waals surface area contributed by atoms with Gasteiger partial charge in [0, 0.05) is 6.92 Å². The van der Waals surface area contributed by atoms with E-state index in [1.807, 2.05) is 0 Å². The molecule has 0 spiro atoms. The molecule has 62 valence electrons. The number of methoxy groups -OCH3 is 1. The first kappa shape index (κ1) is 9.83. The van der Waals surface area contributed by atoms with E-state index in [4.69, 9.17) is 4.74 Å². The van der Waals surface area contributed by atoms with E-state index in [2.05, 4.69) is 16.8 Å². The van der Waals surface area contributed by atoms with Gasteiger partial charge >= 0.3 is 5.97 Å². The Bertz CT molecular complexity index is 195. The predicted molar refractivity (Wildman–Crippen MR) is 40.6 cm³/mol. The van der Waals surface area contributed by atoms with E-state index in [9.17, 15) is 4.79 Å². The van der Waals surface area contributed by atoms with E-state index in [0.717, 1.165) is 0 Å². The van der Waals surface area contributed by atoms with E-state index in [-0.39, 0.29) is 0 Å². The fourth-order valence-corrected chi connectivity index (χ4v) is 0.466. The maximum absolute atomic E-state index is 10.9. The fraction of sp³-hybridized carbons (Fsp3) is 0.625. The number of carbonyl (C=O) groups excluding carboxylic acids is 1. The Hall–Kier alpha value is -1.17. The van der Waals surface area contributed by atoms with Crippen molar-refractivity contribution < 1.29 is 14.3 Å². The third kappa shape index (κ3) is 2.94. The van der Waals surface area contributed by atoms with Crippen molar-refractivity contribution in [3.05, 3.63) is 0 Å². The molecule has 0 saturated carbocycles. The lowest BCUT2D eigenvalue weighted by atomic mass is 10.1. The van der Waals surface area contributed by atoms with Crippen molar-refractivity contribution in [1.29, 1.82) is 0 Å². The quantitative estimate of drug-likeness (QED) is 0.441. The monoisotopic (exact) mass is 156 g/mol. The van der Waals surface area contributed by atoms with Crippen molar-refractivity contribution in [2.24, 2.45) is 0 Å². The van der Waals surface area contributed by atoms with Crippen molar-refractivity contribution >= 4 is 5.97 Å². The Balaban J connectivity index is 4.16. The molecule has 0 radical (unpaired) electrons. The molecule has 0 rings (SSSR count). The first-order valence-corrected chi connectivity index (χ1v) is 3.22. The molecule has 0 aromatic heterocycles. The molecule has 0 aliphatic rings. The van der Waals surface area contributed by atoms with Crippen LogP contribution in [0, 0.1) is 12.0 Å². The molecule has 0 aliphatic heterocycles. The highest BCUT2D eigenvalue weighted by atomic mass is 16.6. The van der Waals surface area contributed by atoms with E-state index in [0.29, 0.717) is 0 Å². The summed E-state index contributed by atoms with van der Waals surface area (Å²) in [4.78, 5) is 10.9. The lowest BCUT2D eigenvalue weighted by Crippen LogP contribution is -2.34. The molecule has 0 aromatic rings. The number of esters is 1. The number of ether oxygens (including phenoxy) is 2. The molecule has 3 heteroatoms. The summed E-state index contributed by atoms with van der Waals surface area (Å²) in [5.74, 6) is 2.09. The van der Waals surface area contributed by atoms with Gasteiger partial charge < -0.3 is 9.47 Å². The minimum Gasteiger partial charge on any atom is -0.466 e. The third-order valence-electron chi connectivity index (χ3n) is 1.09. The zero-order valence-corrected chi connectivity index (χ0v) is 7.22. The summed E-state index contributed by atoms with van der Waals surface area (Å²) in [6.45, 7) is 4.83. The topological polar surface area (TPSA) is 35.5 Å². The van der Waals surface area contributed by atoms with Crippen LogP contribution < -0.4 is 0 Å². The Kier molecular flexibility index (Phi) is 3.46. The normalized spacial score (nSPS) is 9.45. The van der Waals surface area contributed by atoms with Crippen LogP contribution in [0.3, 0.4) is 0 Å². The van der Waals surface area contributed by atoms with Crippen LogP contribution >= 0.6 is 0 Å². The second-order valence-corrected chi connectivity index (χ2v) is 2.46. The number of hydrogen-bond donors (Lipinski definition) is 0. The molecule has 0 aromatic carbocycles. The zero-order chi connectivity index (χ0) is 8.91. The molecule has 0 heterocycles.